The Labute approximate surface area is 161 Å². The fourth-order valence-corrected chi connectivity index (χ4v) is 3.56. The Morgan fingerprint density at radius 2 is 1.88 bits per heavy atom. The molecule has 1 saturated carbocycles. The van der Waals surface area contributed by atoms with Crippen LogP contribution in [0.25, 0.3) is 0 Å². The second kappa shape index (κ2) is 11.2. The quantitative estimate of drug-likeness (QED) is 0.332. The second-order valence-corrected chi connectivity index (χ2v) is 7.43. The zero-order valence-electron chi connectivity index (χ0n) is 16.0. The van der Waals surface area contributed by atoms with Crippen molar-refractivity contribution in [2.75, 3.05) is 0 Å². The topological polar surface area (TPSA) is 38.0 Å². The Balaban J connectivity index is 1.68. The van der Waals surface area contributed by atoms with E-state index in [1.807, 2.05) is 18.2 Å². The molecule has 1 aliphatic rings. The monoisotopic (exact) mass is 348 g/mol. The molecule has 26 heavy (non-hydrogen) atoms. The first-order chi connectivity index (χ1) is 12.7. The van der Waals surface area contributed by atoms with Gasteiger partial charge in [0.25, 0.3) is 0 Å². The molecule has 2 nitrogen and oxygen atoms in total. The van der Waals surface area contributed by atoms with Gasteiger partial charge in [-0.15, -0.1) is 0 Å². The lowest BCUT2D eigenvalue weighted by Crippen LogP contribution is -2.48. The van der Waals surface area contributed by atoms with E-state index in [4.69, 9.17) is 13.6 Å². The first-order valence-electron chi connectivity index (χ1n) is 9.87. The molecular weight excluding hydrogens is 315 g/mol. The van der Waals surface area contributed by atoms with Crippen molar-refractivity contribution < 1.29 is 0 Å². The number of benzene rings is 1. The van der Waals surface area contributed by atoms with Gasteiger partial charge in [0.05, 0.1) is 7.85 Å². The van der Waals surface area contributed by atoms with E-state index in [0.29, 0.717) is 18.0 Å². The molecule has 0 aliphatic heterocycles. The molecule has 0 bridgehead atoms. The highest BCUT2D eigenvalue weighted by atomic mass is 14.9. The number of nitrogens with one attached hydrogen (secondary N) is 1. The largest absolute Gasteiger partial charge is 0.327 e. The Kier molecular flexibility index (Phi) is 8.93. The normalized spacial score (nSPS) is 21.0. The zero-order chi connectivity index (χ0) is 18.8. The van der Waals surface area contributed by atoms with Crippen molar-refractivity contribution in [1.29, 1.82) is 0 Å². The summed E-state index contributed by atoms with van der Waals surface area (Å²) in [6, 6.07) is 9.80. The summed E-state index contributed by atoms with van der Waals surface area (Å²) in [5.74, 6) is 0.682. The summed E-state index contributed by atoms with van der Waals surface area (Å²) in [7, 11) is 5.55. The van der Waals surface area contributed by atoms with Crippen molar-refractivity contribution in [3.63, 3.8) is 0 Å². The smallest absolute Gasteiger partial charge is 0.0653 e. The van der Waals surface area contributed by atoms with E-state index < -0.39 is 0 Å². The van der Waals surface area contributed by atoms with Crippen LogP contribution in [0.1, 0.15) is 43.2 Å². The summed E-state index contributed by atoms with van der Waals surface area (Å²) in [6.45, 7) is 8.53. The summed E-state index contributed by atoms with van der Waals surface area (Å²) in [4.78, 5) is 0. The van der Waals surface area contributed by atoms with E-state index in [1.165, 1.54) is 29.5 Å². The zero-order valence-corrected chi connectivity index (χ0v) is 16.0. The molecule has 0 aromatic heterocycles. The number of allylic oxidation sites excluding steroid dienone is 4. The van der Waals surface area contributed by atoms with Crippen LogP contribution in [-0.4, -0.2) is 19.9 Å². The minimum atomic E-state index is 0.349. The Morgan fingerprint density at radius 3 is 2.50 bits per heavy atom. The molecule has 1 unspecified atom stereocenters. The third-order valence-electron chi connectivity index (χ3n) is 5.39. The van der Waals surface area contributed by atoms with Gasteiger partial charge in [0.1, 0.15) is 0 Å². The molecule has 0 heterocycles. The molecule has 3 heteroatoms. The van der Waals surface area contributed by atoms with Crippen LogP contribution < -0.4 is 11.1 Å². The van der Waals surface area contributed by atoms with Gasteiger partial charge in [-0.25, -0.2) is 0 Å². The van der Waals surface area contributed by atoms with E-state index in [-0.39, 0.29) is 0 Å². The number of hydrogen-bond acceptors (Lipinski definition) is 2. The third-order valence-corrected chi connectivity index (χ3v) is 5.39. The maximum atomic E-state index is 6.29. The lowest BCUT2D eigenvalue weighted by Gasteiger charge is -2.39. The highest BCUT2D eigenvalue weighted by molar-refractivity contribution is 6.08. The second-order valence-electron chi connectivity index (χ2n) is 7.43. The molecule has 2 rings (SSSR count). The number of unbranched alkanes of at least 4 members (excludes halogenated alkanes) is 1. The SMILES string of the molecule is [B]CCCCC(N)C1CC(NCc2ccc(C/C(C=C)=C/C=C)cc2)C1. The maximum Gasteiger partial charge on any atom is 0.0653 e. The van der Waals surface area contributed by atoms with Crippen molar-refractivity contribution in [1.82, 2.24) is 5.32 Å². The van der Waals surface area contributed by atoms with Crippen LogP contribution in [0.5, 0.6) is 0 Å². The Morgan fingerprint density at radius 1 is 1.19 bits per heavy atom. The van der Waals surface area contributed by atoms with Gasteiger partial charge < -0.3 is 11.1 Å². The van der Waals surface area contributed by atoms with Crippen molar-refractivity contribution in [2.24, 2.45) is 11.7 Å². The summed E-state index contributed by atoms with van der Waals surface area (Å²) in [5.41, 5.74) is 10.1. The van der Waals surface area contributed by atoms with Crippen LogP contribution in [0.3, 0.4) is 0 Å². The van der Waals surface area contributed by atoms with Gasteiger partial charge in [0, 0.05) is 18.6 Å². The van der Waals surface area contributed by atoms with Gasteiger partial charge in [0.15, 0.2) is 0 Å². The van der Waals surface area contributed by atoms with Gasteiger partial charge in [-0.2, -0.15) is 0 Å². The maximum absolute atomic E-state index is 6.29. The van der Waals surface area contributed by atoms with Gasteiger partial charge >= 0.3 is 0 Å². The molecule has 2 radical (unpaired) electrons. The molecule has 1 aromatic carbocycles. The average molecular weight is 348 g/mol. The standard InChI is InChI=1S/C23H33BN2/c1-3-7-18(4-2)14-19-9-11-20(12-10-19)17-26-22-15-21(16-22)23(25)8-5-6-13-24/h3-4,7,9-12,21-23,26H,1-2,5-6,8,13-17,25H2/b18-7+. The lowest BCUT2D eigenvalue weighted by molar-refractivity contribution is 0.181. The van der Waals surface area contributed by atoms with Crippen molar-refractivity contribution >= 4 is 7.85 Å². The van der Waals surface area contributed by atoms with Crippen molar-refractivity contribution in [3.8, 4) is 0 Å². The van der Waals surface area contributed by atoms with Gasteiger partial charge in [-0.1, -0.05) is 74.8 Å². The summed E-state index contributed by atoms with van der Waals surface area (Å²) in [6.07, 6.45) is 13.2. The van der Waals surface area contributed by atoms with Crippen molar-refractivity contribution in [2.45, 2.75) is 63.5 Å². The number of rotatable bonds is 12. The van der Waals surface area contributed by atoms with Crippen LogP contribution in [0.4, 0.5) is 0 Å². The summed E-state index contributed by atoms with van der Waals surface area (Å²) in [5, 5.41) is 3.66. The van der Waals surface area contributed by atoms with E-state index in [2.05, 4.69) is 42.7 Å². The van der Waals surface area contributed by atoms with Crippen LogP contribution in [0.15, 0.2) is 61.2 Å². The molecule has 3 N–H and O–H groups in total. The van der Waals surface area contributed by atoms with E-state index in [1.54, 1.807) is 0 Å². The minimum absolute atomic E-state index is 0.349. The van der Waals surface area contributed by atoms with Crippen LogP contribution in [0, 0.1) is 5.92 Å². The Bertz CT molecular complexity index is 585. The molecule has 0 saturated heterocycles. The van der Waals surface area contributed by atoms with Gasteiger partial charge in [-0.3, -0.25) is 0 Å². The molecule has 138 valence electrons. The predicted molar refractivity (Wildman–Crippen MR) is 114 cm³/mol. The van der Waals surface area contributed by atoms with E-state index >= 15 is 0 Å². The molecular formula is C23H33BN2. The minimum Gasteiger partial charge on any atom is -0.327 e. The lowest BCUT2D eigenvalue weighted by atomic mass is 9.74. The highest BCUT2D eigenvalue weighted by Crippen LogP contribution is 2.31. The molecule has 1 atom stereocenters. The third kappa shape index (κ3) is 6.62. The molecule has 1 aromatic rings. The number of hydrogen-bond donors (Lipinski definition) is 2. The first-order valence-corrected chi connectivity index (χ1v) is 9.87. The summed E-state index contributed by atoms with van der Waals surface area (Å²) >= 11 is 0. The average Bonchev–Trinajstić information content (AvgIpc) is 2.61. The predicted octanol–water partition coefficient (Wildman–Crippen LogP) is 4.48. The van der Waals surface area contributed by atoms with Crippen LogP contribution in [0.2, 0.25) is 6.32 Å². The fraction of sp³-hybridized carbons (Fsp3) is 0.478. The fourth-order valence-electron chi connectivity index (χ4n) is 3.56. The van der Waals surface area contributed by atoms with Crippen LogP contribution >= 0.6 is 0 Å². The van der Waals surface area contributed by atoms with Crippen LogP contribution in [-0.2, 0) is 13.0 Å². The van der Waals surface area contributed by atoms with Gasteiger partial charge in [0.2, 0.25) is 0 Å². The van der Waals surface area contributed by atoms with E-state index in [0.717, 1.165) is 38.5 Å². The summed E-state index contributed by atoms with van der Waals surface area (Å²) < 4.78 is 0. The first kappa shape index (κ1) is 20.7. The molecule has 0 spiro atoms. The highest BCUT2D eigenvalue weighted by Gasteiger charge is 2.32. The van der Waals surface area contributed by atoms with Gasteiger partial charge in [-0.05, 0) is 48.3 Å². The molecule has 1 aliphatic carbocycles. The number of nitrogens with two attached hydrogens (primary N) is 1. The molecule has 1 fully saturated rings. The van der Waals surface area contributed by atoms with Crippen molar-refractivity contribution in [3.05, 3.63) is 72.4 Å². The van der Waals surface area contributed by atoms with E-state index in [9.17, 15) is 0 Å². The molecule has 0 amide bonds. The Hall–Kier alpha value is -1.58.